The molecule has 142 valence electrons. The van der Waals surface area contributed by atoms with Crippen molar-refractivity contribution >= 4 is 23.2 Å². The minimum atomic E-state index is -0.265. The number of rotatable bonds is 3. The number of amides is 2. The van der Waals surface area contributed by atoms with Crippen LogP contribution in [0.2, 0.25) is 0 Å². The van der Waals surface area contributed by atoms with Crippen molar-refractivity contribution in [1.29, 1.82) is 0 Å². The van der Waals surface area contributed by atoms with Crippen molar-refractivity contribution in [3.05, 3.63) is 52.0 Å². The third-order valence-corrected chi connectivity index (χ3v) is 6.06. The average Bonchev–Trinajstić information content (AvgIpc) is 3.37. The summed E-state index contributed by atoms with van der Waals surface area (Å²) < 4.78 is 0. The van der Waals surface area contributed by atoms with E-state index in [0.29, 0.717) is 32.6 Å². The Morgan fingerprint density at radius 3 is 2.52 bits per heavy atom. The Kier molecular flexibility index (Phi) is 5.20. The monoisotopic (exact) mass is 385 g/mol. The molecule has 2 N–H and O–H groups in total. The van der Waals surface area contributed by atoms with E-state index in [4.69, 9.17) is 0 Å². The third kappa shape index (κ3) is 3.87. The second kappa shape index (κ2) is 7.75. The van der Waals surface area contributed by atoms with Gasteiger partial charge in [-0.25, -0.2) is 10.9 Å². The molecule has 4 rings (SSSR count). The lowest BCUT2D eigenvalue weighted by molar-refractivity contribution is -0.134. The number of hydrazine groups is 1. The van der Waals surface area contributed by atoms with Gasteiger partial charge >= 0.3 is 0 Å². The van der Waals surface area contributed by atoms with Gasteiger partial charge in [-0.05, 0) is 37.6 Å². The fraction of sp³-hybridized carbons (Fsp3) is 0.421. The number of hydrogen-bond acceptors (Lipinski definition) is 6. The van der Waals surface area contributed by atoms with Gasteiger partial charge in [0, 0.05) is 37.3 Å². The summed E-state index contributed by atoms with van der Waals surface area (Å²) in [6.07, 6.45) is 2.43. The van der Waals surface area contributed by atoms with Gasteiger partial charge in [-0.15, -0.1) is 11.3 Å². The summed E-state index contributed by atoms with van der Waals surface area (Å²) in [5, 5.41) is 0. The molecule has 2 fully saturated rings. The van der Waals surface area contributed by atoms with Gasteiger partial charge < -0.3 is 9.80 Å². The molecule has 27 heavy (non-hydrogen) atoms. The van der Waals surface area contributed by atoms with E-state index >= 15 is 0 Å². The summed E-state index contributed by atoms with van der Waals surface area (Å²) in [5.41, 5.74) is 7.21. The first kappa shape index (κ1) is 18.1. The van der Waals surface area contributed by atoms with Crippen molar-refractivity contribution in [1.82, 2.24) is 25.6 Å². The molecule has 2 atom stereocenters. The van der Waals surface area contributed by atoms with Gasteiger partial charge in [0.2, 0.25) is 5.91 Å². The SMILES string of the molecule is Cc1ccc(C(=O)N2CCN(C(=O)C3CC(c4ccccn4)NN3)CC2)s1. The Hall–Kier alpha value is -2.29. The predicted octanol–water partition coefficient (Wildman–Crippen LogP) is 1.34. The normalized spacial score (nSPS) is 22.9. The molecule has 0 spiro atoms. The van der Waals surface area contributed by atoms with Crippen LogP contribution in [0.3, 0.4) is 0 Å². The lowest BCUT2D eigenvalue weighted by Gasteiger charge is -2.35. The fourth-order valence-electron chi connectivity index (χ4n) is 3.55. The molecule has 2 aromatic rings. The maximum absolute atomic E-state index is 12.8. The minimum Gasteiger partial charge on any atom is -0.338 e. The van der Waals surface area contributed by atoms with Crippen LogP contribution in [0.4, 0.5) is 0 Å². The molecule has 2 unspecified atom stereocenters. The number of nitrogens with one attached hydrogen (secondary N) is 2. The Morgan fingerprint density at radius 2 is 1.85 bits per heavy atom. The van der Waals surface area contributed by atoms with Crippen molar-refractivity contribution in [2.24, 2.45) is 0 Å². The maximum Gasteiger partial charge on any atom is 0.264 e. The molecule has 2 aromatic heterocycles. The Morgan fingerprint density at radius 1 is 1.07 bits per heavy atom. The van der Waals surface area contributed by atoms with Crippen LogP contribution >= 0.6 is 11.3 Å². The molecular weight excluding hydrogens is 362 g/mol. The van der Waals surface area contributed by atoms with Gasteiger partial charge in [-0.2, -0.15) is 0 Å². The highest BCUT2D eigenvalue weighted by Gasteiger charge is 2.35. The van der Waals surface area contributed by atoms with Crippen LogP contribution in [0.5, 0.6) is 0 Å². The number of carbonyl (C=O) groups excluding carboxylic acids is 2. The quantitative estimate of drug-likeness (QED) is 0.834. The van der Waals surface area contributed by atoms with Crippen LogP contribution in [-0.2, 0) is 4.79 Å². The van der Waals surface area contributed by atoms with Crippen LogP contribution in [0.15, 0.2) is 36.5 Å². The van der Waals surface area contributed by atoms with E-state index in [-0.39, 0.29) is 23.9 Å². The zero-order chi connectivity index (χ0) is 18.8. The molecule has 4 heterocycles. The predicted molar refractivity (Wildman–Crippen MR) is 103 cm³/mol. The molecule has 0 saturated carbocycles. The molecule has 0 radical (unpaired) electrons. The van der Waals surface area contributed by atoms with Crippen LogP contribution in [0, 0.1) is 6.92 Å². The summed E-state index contributed by atoms with van der Waals surface area (Å²) in [7, 11) is 0. The average molecular weight is 385 g/mol. The number of thiophene rings is 1. The maximum atomic E-state index is 12.8. The number of pyridine rings is 1. The van der Waals surface area contributed by atoms with Crippen molar-refractivity contribution in [2.75, 3.05) is 26.2 Å². The summed E-state index contributed by atoms with van der Waals surface area (Å²) in [6, 6.07) is 9.41. The Bertz CT molecular complexity index is 817. The van der Waals surface area contributed by atoms with E-state index in [1.54, 1.807) is 6.20 Å². The van der Waals surface area contributed by atoms with Gasteiger partial charge in [0.1, 0.15) is 6.04 Å². The van der Waals surface area contributed by atoms with Crippen molar-refractivity contribution in [3.8, 4) is 0 Å². The zero-order valence-corrected chi connectivity index (χ0v) is 16.0. The first-order valence-corrected chi connectivity index (χ1v) is 10.00. The van der Waals surface area contributed by atoms with Gasteiger partial charge in [0.25, 0.3) is 5.91 Å². The van der Waals surface area contributed by atoms with Gasteiger partial charge in [0.05, 0.1) is 16.6 Å². The molecule has 8 heteroatoms. The van der Waals surface area contributed by atoms with Gasteiger partial charge in [0.15, 0.2) is 0 Å². The molecule has 2 aliphatic rings. The number of piperazine rings is 1. The van der Waals surface area contributed by atoms with Crippen LogP contribution in [0.25, 0.3) is 0 Å². The summed E-state index contributed by atoms with van der Waals surface area (Å²) in [4.78, 5) is 35.3. The van der Waals surface area contributed by atoms with Gasteiger partial charge in [-0.1, -0.05) is 6.07 Å². The number of carbonyl (C=O) groups is 2. The third-order valence-electron chi connectivity index (χ3n) is 5.08. The van der Waals surface area contributed by atoms with Crippen LogP contribution < -0.4 is 10.9 Å². The highest BCUT2D eigenvalue weighted by atomic mass is 32.1. The van der Waals surface area contributed by atoms with Gasteiger partial charge in [-0.3, -0.25) is 14.6 Å². The summed E-state index contributed by atoms with van der Waals surface area (Å²) in [5.74, 6) is 0.149. The lowest BCUT2D eigenvalue weighted by atomic mass is 10.1. The Labute approximate surface area is 162 Å². The lowest BCUT2D eigenvalue weighted by Crippen LogP contribution is -2.54. The first-order valence-electron chi connectivity index (χ1n) is 9.18. The molecule has 2 aliphatic heterocycles. The molecule has 2 amide bonds. The zero-order valence-electron chi connectivity index (χ0n) is 15.2. The largest absolute Gasteiger partial charge is 0.338 e. The van der Waals surface area contributed by atoms with Crippen molar-refractivity contribution in [2.45, 2.75) is 25.4 Å². The van der Waals surface area contributed by atoms with E-state index in [2.05, 4.69) is 15.8 Å². The molecule has 7 nitrogen and oxygen atoms in total. The smallest absolute Gasteiger partial charge is 0.264 e. The summed E-state index contributed by atoms with van der Waals surface area (Å²) >= 11 is 1.52. The van der Waals surface area contributed by atoms with Crippen molar-refractivity contribution in [3.63, 3.8) is 0 Å². The number of hydrogen-bond donors (Lipinski definition) is 2. The van der Waals surface area contributed by atoms with Crippen LogP contribution in [0.1, 0.15) is 32.7 Å². The number of nitrogens with zero attached hydrogens (tertiary/aromatic N) is 3. The number of aromatic nitrogens is 1. The molecular formula is C19H23N5O2S. The molecule has 0 aromatic carbocycles. The summed E-state index contributed by atoms with van der Waals surface area (Å²) in [6.45, 7) is 4.29. The highest BCUT2D eigenvalue weighted by molar-refractivity contribution is 7.13. The standard InChI is InChI=1S/C19H23N5O2S/c1-13-5-6-17(27-13)19(26)24-10-8-23(9-11-24)18(25)16-12-15(21-22-16)14-4-2-3-7-20-14/h2-7,15-16,21-22H,8-12H2,1H3. The van der Waals surface area contributed by atoms with Crippen LogP contribution in [-0.4, -0.2) is 58.8 Å². The Balaban J connectivity index is 1.31. The van der Waals surface area contributed by atoms with E-state index in [9.17, 15) is 9.59 Å². The second-order valence-electron chi connectivity index (χ2n) is 6.91. The second-order valence-corrected chi connectivity index (χ2v) is 8.20. The van der Waals surface area contributed by atoms with E-state index < -0.39 is 0 Å². The van der Waals surface area contributed by atoms with E-state index in [1.165, 1.54) is 11.3 Å². The molecule has 0 bridgehead atoms. The fourth-order valence-corrected chi connectivity index (χ4v) is 4.39. The highest BCUT2D eigenvalue weighted by Crippen LogP contribution is 2.22. The molecule has 0 aliphatic carbocycles. The van der Waals surface area contributed by atoms with E-state index in [1.807, 2.05) is 47.1 Å². The topological polar surface area (TPSA) is 77.6 Å². The van der Waals surface area contributed by atoms with Crippen molar-refractivity contribution < 1.29 is 9.59 Å². The van der Waals surface area contributed by atoms with E-state index in [0.717, 1.165) is 15.4 Å². The first-order chi connectivity index (χ1) is 13.1. The number of aryl methyl sites for hydroxylation is 1. The molecule has 2 saturated heterocycles. The minimum absolute atomic E-state index is 0.0325.